The van der Waals surface area contributed by atoms with Crippen molar-refractivity contribution in [3.05, 3.63) is 23.7 Å². The Balaban J connectivity index is 1.67. The van der Waals surface area contributed by atoms with E-state index in [0.717, 1.165) is 29.1 Å². The van der Waals surface area contributed by atoms with E-state index in [9.17, 15) is 0 Å². The van der Waals surface area contributed by atoms with Gasteiger partial charge in [-0.2, -0.15) is 0 Å². The number of fused-ring (bicyclic) bond motifs is 1. The van der Waals surface area contributed by atoms with Crippen LogP contribution in [-0.4, -0.2) is 27.5 Å². The van der Waals surface area contributed by atoms with Crippen molar-refractivity contribution in [1.82, 2.24) is 20.3 Å². The third kappa shape index (κ3) is 2.53. The first-order chi connectivity index (χ1) is 8.81. The first kappa shape index (κ1) is 11.7. The number of aromatic amines is 1. The number of imidazole rings is 1. The van der Waals surface area contributed by atoms with Gasteiger partial charge >= 0.3 is 0 Å². The van der Waals surface area contributed by atoms with Gasteiger partial charge in [0.1, 0.15) is 5.82 Å². The minimum Gasteiger partial charge on any atom is -0.341 e. The smallest absolute Gasteiger partial charge is 0.177 e. The monoisotopic (exact) mass is 244 g/mol. The molecule has 4 heteroatoms. The van der Waals surface area contributed by atoms with Crippen molar-refractivity contribution in [3.63, 3.8) is 0 Å². The van der Waals surface area contributed by atoms with Crippen molar-refractivity contribution in [1.29, 1.82) is 0 Å². The average molecular weight is 244 g/mol. The SMILES string of the molecule is Cc1ccc2[nH]c(CCC3CCCCN3)nc2n1. The highest BCUT2D eigenvalue weighted by Crippen LogP contribution is 2.14. The molecule has 3 heterocycles. The number of rotatable bonds is 3. The number of nitrogens with zero attached hydrogens (tertiary/aromatic N) is 2. The topological polar surface area (TPSA) is 53.6 Å². The zero-order chi connectivity index (χ0) is 12.4. The third-order valence-electron chi connectivity index (χ3n) is 3.68. The average Bonchev–Trinajstić information content (AvgIpc) is 2.79. The molecular formula is C14H20N4. The molecule has 0 radical (unpaired) electrons. The van der Waals surface area contributed by atoms with Crippen LogP contribution in [0.3, 0.4) is 0 Å². The first-order valence-electron chi connectivity index (χ1n) is 6.87. The molecule has 1 saturated heterocycles. The van der Waals surface area contributed by atoms with E-state index in [4.69, 9.17) is 0 Å². The Morgan fingerprint density at radius 2 is 2.22 bits per heavy atom. The first-order valence-corrected chi connectivity index (χ1v) is 6.87. The molecule has 2 aromatic heterocycles. The largest absolute Gasteiger partial charge is 0.341 e. The van der Waals surface area contributed by atoms with E-state index >= 15 is 0 Å². The predicted octanol–water partition coefficient (Wildman–Crippen LogP) is 2.34. The summed E-state index contributed by atoms with van der Waals surface area (Å²) in [6.45, 7) is 3.17. The van der Waals surface area contributed by atoms with Crippen LogP contribution in [0.2, 0.25) is 0 Å². The van der Waals surface area contributed by atoms with Crippen LogP contribution >= 0.6 is 0 Å². The van der Waals surface area contributed by atoms with Crippen LogP contribution in [0.25, 0.3) is 11.2 Å². The normalized spacial score (nSPS) is 20.4. The highest BCUT2D eigenvalue weighted by Gasteiger charge is 2.13. The molecule has 4 nitrogen and oxygen atoms in total. The highest BCUT2D eigenvalue weighted by molar-refractivity contribution is 5.70. The van der Waals surface area contributed by atoms with E-state index in [1.807, 2.05) is 13.0 Å². The third-order valence-corrected chi connectivity index (χ3v) is 3.68. The Morgan fingerprint density at radius 1 is 1.28 bits per heavy atom. The van der Waals surface area contributed by atoms with Crippen LogP contribution in [0.4, 0.5) is 0 Å². The lowest BCUT2D eigenvalue weighted by Crippen LogP contribution is -2.34. The van der Waals surface area contributed by atoms with Gasteiger partial charge in [-0.15, -0.1) is 0 Å². The Labute approximate surface area is 107 Å². The molecule has 1 unspecified atom stereocenters. The second kappa shape index (κ2) is 5.06. The van der Waals surface area contributed by atoms with Gasteiger partial charge in [0, 0.05) is 18.2 Å². The van der Waals surface area contributed by atoms with Crippen LogP contribution < -0.4 is 5.32 Å². The van der Waals surface area contributed by atoms with Crippen molar-refractivity contribution >= 4 is 11.2 Å². The Kier molecular flexibility index (Phi) is 3.28. The van der Waals surface area contributed by atoms with E-state index in [1.54, 1.807) is 0 Å². The summed E-state index contributed by atoms with van der Waals surface area (Å²) < 4.78 is 0. The summed E-state index contributed by atoms with van der Waals surface area (Å²) in [4.78, 5) is 12.4. The Bertz CT molecular complexity index is 526. The summed E-state index contributed by atoms with van der Waals surface area (Å²) in [6.07, 6.45) is 6.16. The number of aryl methyl sites for hydroxylation is 2. The Morgan fingerprint density at radius 3 is 3.06 bits per heavy atom. The molecule has 0 aromatic carbocycles. The minimum absolute atomic E-state index is 0.668. The minimum atomic E-state index is 0.668. The summed E-state index contributed by atoms with van der Waals surface area (Å²) in [5, 5.41) is 3.57. The maximum atomic E-state index is 4.56. The van der Waals surface area contributed by atoms with Gasteiger partial charge in [-0.25, -0.2) is 9.97 Å². The van der Waals surface area contributed by atoms with Crippen molar-refractivity contribution in [2.24, 2.45) is 0 Å². The highest BCUT2D eigenvalue weighted by atomic mass is 15.0. The molecule has 2 N–H and O–H groups in total. The number of pyridine rings is 1. The second-order valence-electron chi connectivity index (χ2n) is 5.19. The predicted molar refractivity (Wildman–Crippen MR) is 72.6 cm³/mol. The molecular weight excluding hydrogens is 224 g/mol. The van der Waals surface area contributed by atoms with E-state index in [1.165, 1.54) is 32.2 Å². The lowest BCUT2D eigenvalue weighted by atomic mass is 10.0. The number of nitrogens with one attached hydrogen (secondary N) is 2. The van der Waals surface area contributed by atoms with E-state index < -0.39 is 0 Å². The molecule has 0 bridgehead atoms. The van der Waals surface area contributed by atoms with Crippen LogP contribution in [0.15, 0.2) is 12.1 Å². The summed E-state index contributed by atoms with van der Waals surface area (Å²) in [5.41, 5.74) is 2.92. The fourth-order valence-electron chi connectivity index (χ4n) is 2.64. The molecule has 2 aromatic rings. The van der Waals surface area contributed by atoms with Crippen LogP contribution in [0.1, 0.15) is 37.2 Å². The van der Waals surface area contributed by atoms with Crippen LogP contribution in [0, 0.1) is 6.92 Å². The zero-order valence-corrected chi connectivity index (χ0v) is 10.9. The number of hydrogen-bond acceptors (Lipinski definition) is 3. The maximum absolute atomic E-state index is 4.56. The van der Waals surface area contributed by atoms with Crippen LogP contribution in [-0.2, 0) is 6.42 Å². The van der Waals surface area contributed by atoms with E-state index in [0.29, 0.717) is 6.04 Å². The zero-order valence-electron chi connectivity index (χ0n) is 10.9. The number of piperidine rings is 1. The molecule has 0 aliphatic carbocycles. The molecule has 0 saturated carbocycles. The summed E-state index contributed by atoms with van der Waals surface area (Å²) in [7, 11) is 0. The van der Waals surface area contributed by atoms with E-state index in [-0.39, 0.29) is 0 Å². The summed E-state index contributed by atoms with van der Waals surface area (Å²) >= 11 is 0. The summed E-state index contributed by atoms with van der Waals surface area (Å²) in [5.74, 6) is 1.07. The number of H-pyrrole nitrogens is 1. The van der Waals surface area contributed by atoms with Crippen molar-refractivity contribution in [2.45, 2.75) is 45.1 Å². The van der Waals surface area contributed by atoms with Gasteiger partial charge in [-0.05, 0) is 44.9 Å². The van der Waals surface area contributed by atoms with Gasteiger partial charge < -0.3 is 10.3 Å². The molecule has 0 spiro atoms. The molecule has 0 amide bonds. The lowest BCUT2D eigenvalue weighted by molar-refractivity contribution is 0.381. The molecule has 3 rings (SSSR count). The quantitative estimate of drug-likeness (QED) is 0.871. The van der Waals surface area contributed by atoms with Gasteiger partial charge in [-0.1, -0.05) is 6.42 Å². The molecule has 1 aliphatic rings. The Hall–Kier alpha value is -1.42. The van der Waals surface area contributed by atoms with Gasteiger partial charge in [0.15, 0.2) is 5.65 Å². The van der Waals surface area contributed by atoms with Crippen molar-refractivity contribution < 1.29 is 0 Å². The maximum Gasteiger partial charge on any atom is 0.177 e. The molecule has 1 aliphatic heterocycles. The van der Waals surface area contributed by atoms with Crippen molar-refractivity contribution in [2.75, 3.05) is 6.54 Å². The fourth-order valence-corrected chi connectivity index (χ4v) is 2.64. The standard InChI is InChI=1S/C14H20N4/c1-10-5-7-12-14(16-10)18-13(17-12)8-6-11-4-2-3-9-15-11/h5,7,11,15H,2-4,6,8-9H2,1H3,(H,16,17,18). The van der Waals surface area contributed by atoms with Gasteiger partial charge in [0.2, 0.25) is 0 Å². The van der Waals surface area contributed by atoms with Crippen molar-refractivity contribution in [3.8, 4) is 0 Å². The molecule has 18 heavy (non-hydrogen) atoms. The number of aromatic nitrogens is 3. The van der Waals surface area contributed by atoms with Gasteiger partial charge in [0.05, 0.1) is 5.52 Å². The fraction of sp³-hybridized carbons (Fsp3) is 0.571. The van der Waals surface area contributed by atoms with Gasteiger partial charge in [-0.3, -0.25) is 0 Å². The van der Waals surface area contributed by atoms with E-state index in [2.05, 4.69) is 26.3 Å². The van der Waals surface area contributed by atoms with Crippen LogP contribution in [0.5, 0.6) is 0 Å². The molecule has 1 fully saturated rings. The number of hydrogen-bond donors (Lipinski definition) is 2. The van der Waals surface area contributed by atoms with Gasteiger partial charge in [0.25, 0.3) is 0 Å². The lowest BCUT2D eigenvalue weighted by Gasteiger charge is -2.22. The molecule has 96 valence electrons. The summed E-state index contributed by atoms with van der Waals surface area (Å²) in [6, 6.07) is 4.75. The molecule has 1 atom stereocenters. The second-order valence-corrected chi connectivity index (χ2v) is 5.19.